The van der Waals surface area contributed by atoms with Crippen LogP contribution >= 0.6 is 12.2 Å². The fourth-order valence-electron chi connectivity index (χ4n) is 4.81. The largest absolute Gasteiger partial charge is 0.372 e. The van der Waals surface area contributed by atoms with Crippen LogP contribution in [0.1, 0.15) is 104 Å². The molecule has 17 heteroatoms. The molecule has 0 saturated carbocycles. The number of hydrogen-bond donors (Lipinski definition) is 8. The van der Waals surface area contributed by atoms with Crippen LogP contribution in [-0.2, 0) is 24.0 Å². The van der Waals surface area contributed by atoms with Crippen LogP contribution in [-0.4, -0.2) is 105 Å². The van der Waals surface area contributed by atoms with E-state index >= 15 is 0 Å². The van der Waals surface area contributed by atoms with Gasteiger partial charge in [-0.05, 0) is 82.1 Å². The lowest BCUT2D eigenvalue weighted by Gasteiger charge is -2.16. The summed E-state index contributed by atoms with van der Waals surface area (Å²) in [5.74, 6) is -1.17. The van der Waals surface area contributed by atoms with Gasteiger partial charge in [0.25, 0.3) is 0 Å². The molecule has 0 aromatic heterocycles. The number of amides is 5. The van der Waals surface area contributed by atoms with Crippen LogP contribution in [0.3, 0.4) is 0 Å². The molecule has 304 valence electrons. The second kappa shape index (κ2) is 28.2. The van der Waals surface area contributed by atoms with Gasteiger partial charge >= 0.3 is 0 Å². The van der Waals surface area contributed by atoms with Crippen molar-refractivity contribution in [3.63, 3.8) is 0 Å². The SMILES string of the molecule is C=C(NCCCCCN(O)C(=O)CCC(=O)NCCCCCN(O)C(=O)CCC(=O)NCCCCCN(O)C(C)=O)Nc1ccc(NC(=S)C(C)C)cc1. The quantitative estimate of drug-likeness (QED) is 0.0244. The summed E-state index contributed by atoms with van der Waals surface area (Å²) in [6.07, 6.45) is 5.58. The molecule has 0 heterocycles. The number of thiocarbonyl (C=S) groups is 1. The first-order valence-electron chi connectivity index (χ1n) is 18.8. The summed E-state index contributed by atoms with van der Waals surface area (Å²) in [7, 11) is 0. The zero-order valence-electron chi connectivity index (χ0n) is 32.2. The minimum Gasteiger partial charge on any atom is -0.372 e. The minimum atomic E-state index is -0.556. The Morgan fingerprint density at radius 2 is 1.00 bits per heavy atom. The van der Waals surface area contributed by atoms with Gasteiger partial charge in [0.05, 0.1) is 10.8 Å². The Kier molecular flexibility index (Phi) is 24.9. The van der Waals surface area contributed by atoms with Gasteiger partial charge in [-0.3, -0.25) is 39.6 Å². The molecule has 0 spiro atoms. The highest BCUT2D eigenvalue weighted by Crippen LogP contribution is 2.16. The van der Waals surface area contributed by atoms with Crippen molar-refractivity contribution in [1.82, 2.24) is 31.1 Å². The van der Waals surface area contributed by atoms with Crippen LogP contribution in [0.5, 0.6) is 0 Å². The first-order chi connectivity index (χ1) is 25.7. The fraction of sp³-hybridized carbons (Fsp3) is 0.622. The van der Waals surface area contributed by atoms with Crippen molar-refractivity contribution >= 4 is 58.1 Å². The summed E-state index contributed by atoms with van der Waals surface area (Å²) < 4.78 is 0. The molecule has 0 radical (unpaired) electrons. The smallest absolute Gasteiger partial charge is 0.246 e. The van der Waals surface area contributed by atoms with Crippen LogP contribution in [0.15, 0.2) is 36.7 Å². The molecule has 1 aromatic rings. The molecule has 0 unspecified atom stereocenters. The molecule has 0 aliphatic carbocycles. The molecule has 0 bridgehead atoms. The Balaban J connectivity index is 2.03. The molecule has 1 aromatic carbocycles. The summed E-state index contributed by atoms with van der Waals surface area (Å²) in [6.45, 7) is 11.3. The molecular formula is C37H62N8O8S. The molecule has 0 fully saturated rings. The van der Waals surface area contributed by atoms with Crippen molar-refractivity contribution in [1.29, 1.82) is 0 Å². The Hall–Kier alpha value is -4.32. The predicted octanol–water partition coefficient (Wildman–Crippen LogP) is 4.53. The van der Waals surface area contributed by atoms with Crippen molar-refractivity contribution in [3.05, 3.63) is 36.7 Å². The first kappa shape index (κ1) is 47.7. The summed E-state index contributed by atoms with van der Waals surface area (Å²) in [4.78, 5) is 60.1. The van der Waals surface area contributed by atoms with Crippen LogP contribution in [0.25, 0.3) is 0 Å². The standard InChI is InChI=1S/C37H62N8O8S/c1-28(2)37(54)42-32-16-14-31(15-17-32)41-29(3)38-22-8-5-12-26-44(52)35(49)20-19-34(48)40-24-10-7-13-27-45(53)36(50)21-18-33(47)39-23-9-6-11-25-43(51)30(4)46/h14-17,28,38,41,51-53H,3,5-13,18-27H2,1-2,4H3,(H,39,47)(H,40,48)(H,42,54). The molecule has 54 heavy (non-hydrogen) atoms. The van der Waals surface area contributed by atoms with Crippen LogP contribution in [0.2, 0.25) is 0 Å². The Bertz CT molecular complexity index is 1330. The van der Waals surface area contributed by atoms with E-state index < -0.39 is 17.7 Å². The number of unbranched alkanes of at least 4 members (excludes halogenated alkanes) is 6. The molecule has 0 aliphatic heterocycles. The van der Waals surface area contributed by atoms with Crippen molar-refractivity contribution < 1.29 is 39.6 Å². The third-order valence-electron chi connectivity index (χ3n) is 8.17. The fourth-order valence-corrected chi connectivity index (χ4v) is 4.93. The molecular weight excluding hydrogens is 717 g/mol. The van der Waals surface area contributed by atoms with E-state index in [0.717, 1.165) is 29.2 Å². The molecule has 16 nitrogen and oxygen atoms in total. The van der Waals surface area contributed by atoms with E-state index in [9.17, 15) is 39.6 Å². The Labute approximate surface area is 324 Å². The maximum Gasteiger partial charge on any atom is 0.246 e. The van der Waals surface area contributed by atoms with Crippen molar-refractivity contribution in [2.24, 2.45) is 5.92 Å². The van der Waals surface area contributed by atoms with Gasteiger partial charge in [-0.15, -0.1) is 0 Å². The minimum absolute atomic E-state index is 0.0460. The van der Waals surface area contributed by atoms with Gasteiger partial charge in [0, 0.05) is 89.2 Å². The van der Waals surface area contributed by atoms with E-state index in [1.54, 1.807) is 0 Å². The topological polar surface area (TPSA) is 216 Å². The Morgan fingerprint density at radius 3 is 1.41 bits per heavy atom. The zero-order valence-corrected chi connectivity index (χ0v) is 33.0. The number of hydrogen-bond acceptors (Lipinski definition) is 11. The summed E-state index contributed by atoms with van der Waals surface area (Å²) in [6, 6.07) is 7.75. The van der Waals surface area contributed by atoms with E-state index in [2.05, 4.69) is 33.2 Å². The van der Waals surface area contributed by atoms with Gasteiger partial charge in [0.15, 0.2) is 0 Å². The van der Waals surface area contributed by atoms with Gasteiger partial charge in [0.2, 0.25) is 29.5 Å². The van der Waals surface area contributed by atoms with Gasteiger partial charge in [-0.2, -0.15) is 0 Å². The van der Waals surface area contributed by atoms with Crippen molar-refractivity contribution in [3.8, 4) is 0 Å². The number of anilines is 2. The number of nitrogens with zero attached hydrogens (tertiary/aromatic N) is 3. The molecule has 8 N–H and O–H groups in total. The maximum atomic E-state index is 12.2. The highest BCUT2D eigenvalue weighted by molar-refractivity contribution is 7.80. The molecule has 0 saturated heterocycles. The lowest BCUT2D eigenvalue weighted by Crippen LogP contribution is -2.31. The summed E-state index contributed by atoms with van der Waals surface area (Å²) in [5, 5.41) is 46.3. The third kappa shape index (κ3) is 23.4. The second-order valence-corrected chi connectivity index (χ2v) is 13.7. The average Bonchev–Trinajstić information content (AvgIpc) is 3.13. The number of carbonyl (C=O) groups is 5. The first-order valence-corrected chi connectivity index (χ1v) is 19.2. The molecule has 5 amide bonds. The normalized spacial score (nSPS) is 10.6. The van der Waals surface area contributed by atoms with Crippen molar-refractivity contribution in [2.75, 3.05) is 49.9 Å². The van der Waals surface area contributed by atoms with Crippen LogP contribution in [0, 0.1) is 5.92 Å². The van der Waals surface area contributed by atoms with E-state index in [4.69, 9.17) is 12.2 Å². The molecule has 0 atom stereocenters. The van der Waals surface area contributed by atoms with Gasteiger partial charge in [0.1, 0.15) is 0 Å². The number of hydroxylamine groups is 6. The van der Waals surface area contributed by atoms with Gasteiger partial charge in [-0.25, -0.2) is 15.2 Å². The van der Waals surface area contributed by atoms with E-state index in [-0.39, 0.29) is 63.0 Å². The number of nitrogens with one attached hydrogen (secondary N) is 5. The average molecular weight is 779 g/mol. The maximum absolute atomic E-state index is 12.2. The summed E-state index contributed by atoms with van der Waals surface area (Å²) in [5.41, 5.74) is 1.81. The number of carbonyl (C=O) groups excluding carboxylic acids is 5. The third-order valence-corrected chi connectivity index (χ3v) is 8.74. The van der Waals surface area contributed by atoms with Crippen LogP contribution in [0.4, 0.5) is 11.4 Å². The van der Waals surface area contributed by atoms with E-state index in [0.29, 0.717) is 85.6 Å². The van der Waals surface area contributed by atoms with Gasteiger partial charge < -0.3 is 26.6 Å². The van der Waals surface area contributed by atoms with Gasteiger partial charge in [-0.1, -0.05) is 32.6 Å². The lowest BCUT2D eigenvalue weighted by atomic mass is 10.2. The summed E-state index contributed by atoms with van der Waals surface area (Å²) >= 11 is 5.32. The van der Waals surface area contributed by atoms with Crippen LogP contribution < -0.4 is 26.6 Å². The molecule has 1 rings (SSSR count). The monoisotopic (exact) mass is 778 g/mol. The zero-order chi connectivity index (χ0) is 40.3. The number of benzene rings is 1. The predicted molar refractivity (Wildman–Crippen MR) is 210 cm³/mol. The highest BCUT2D eigenvalue weighted by Gasteiger charge is 2.14. The second-order valence-electron chi connectivity index (χ2n) is 13.3. The van der Waals surface area contributed by atoms with E-state index in [1.165, 1.54) is 6.92 Å². The highest BCUT2D eigenvalue weighted by atomic mass is 32.1. The number of rotatable bonds is 29. The lowest BCUT2D eigenvalue weighted by molar-refractivity contribution is -0.166. The van der Waals surface area contributed by atoms with Crippen molar-refractivity contribution in [2.45, 2.75) is 104 Å². The Morgan fingerprint density at radius 1 is 0.611 bits per heavy atom. The van der Waals surface area contributed by atoms with E-state index in [1.807, 2.05) is 38.1 Å². The molecule has 0 aliphatic rings.